The third-order valence-electron chi connectivity index (χ3n) is 3.96. The number of H-pyrrole nitrogens is 1. The fourth-order valence-corrected chi connectivity index (χ4v) is 2.99. The van der Waals surface area contributed by atoms with Crippen LogP contribution in [0, 0.1) is 13.8 Å². The van der Waals surface area contributed by atoms with E-state index in [1.165, 1.54) is 22.8 Å². The minimum absolute atomic E-state index is 0.00801. The van der Waals surface area contributed by atoms with Gasteiger partial charge in [-0.3, -0.25) is 19.2 Å². The maximum atomic E-state index is 12.9. The zero-order valence-electron chi connectivity index (χ0n) is 12.7. The molecule has 2 heterocycles. The van der Waals surface area contributed by atoms with Gasteiger partial charge in [0.1, 0.15) is 11.4 Å². The van der Waals surface area contributed by atoms with Crippen LogP contribution in [0.3, 0.4) is 0 Å². The molecule has 1 aliphatic carbocycles. The molecule has 1 aliphatic rings. The van der Waals surface area contributed by atoms with Crippen molar-refractivity contribution in [2.24, 2.45) is 0 Å². The Morgan fingerprint density at radius 1 is 1.04 bits per heavy atom. The van der Waals surface area contributed by atoms with Gasteiger partial charge >= 0.3 is 0 Å². The molecule has 0 radical (unpaired) electrons. The summed E-state index contributed by atoms with van der Waals surface area (Å²) in [6, 6.07) is 2.61. The number of nitrogens with zero attached hydrogens (tertiary/aromatic N) is 1. The fraction of sp³-hybridized carbons (Fsp3) is 0.176. The van der Waals surface area contributed by atoms with Gasteiger partial charge in [-0.2, -0.15) is 0 Å². The van der Waals surface area contributed by atoms with E-state index in [1.54, 1.807) is 13.8 Å². The van der Waals surface area contributed by atoms with Crippen molar-refractivity contribution in [1.29, 1.82) is 0 Å². The Kier molecular flexibility index (Phi) is 3.25. The molecule has 0 aromatic carbocycles. The van der Waals surface area contributed by atoms with Crippen LogP contribution < -0.4 is 11.1 Å². The Hall–Kier alpha value is -3.02. The van der Waals surface area contributed by atoms with E-state index in [9.17, 15) is 19.2 Å². The van der Waals surface area contributed by atoms with Gasteiger partial charge in [-0.05, 0) is 25.0 Å². The van der Waals surface area contributed by atoms with Crippen molar-refractivity contribution in [2.45, 2.75) is 20.4 Å². The van der Waals surface area contributed by atoms with Crippen LogP contribution in [0.2, 0.25) is 0 Å². The monoisotopic (exact) mass is 310 g/mol. The number of hydrogen-bond acceptors (Lipinski definition) is 4. The van der Waals surface area contributed by atoms with Crippen molar-refractivity contribution in [1.82, 2.24) is 9.55 Å². The lowest BCUT2D eigenvalue weighted by atomic mass is 9.85. The summed E-state index contributed by atoms with van der Waals surface area (Å²) in [5.41, 5.74) is 0.377. The predicted octanol–water partition coefficient (Wildman–Crippen LogP) is 1.11. The molecule has 0 aliphatic heterocycles. The summed E-state index contributed by atoms with van der Waals surface area (Å²) in [6.45, 7) is 6.91. The van der Waals surface area contributed by atoms with E-state index < -0.39 is 11.3 Å². The van der Waals surface area contributed by atoms with Gasteiger partial charge < -0.3 is 9.55 Å². The molecule has 0 fully saturated rings. The van der Waals surface area contributed by atoms with E-state index in [1.807, 2.05) is 0 Å². The first kappa shape index (κ1) is 14.9. The molecule has 116 valence electrons. The van der Waals surface area contributed by atoms with Crippen LogP contribution in [0.1, 0.15) is 43.2 Å². The van der Waals surface area contributed by atoms with Gasteiger partial charge in [0.25, 0.3) is 5.56 Å². The summed E-state index contributed by atoms with van der Waals surface area (Å²) in [5.74, 6) is -0.892. The number of hydrogen-bond donors (Lipinski definition) is 1. The number of pyridine rings is 2. The number of aryl methyl sites for hydroxylation is 2. The summed E-state index contributed by atoms with van der Waals surface area (Å²) < 4.78 is 1.21. The number of aromatic amines is 1. The van der Waals surface area contributed by atoms with Crippen LogP contribution in [-0.2, 0) is 6.54 Å². The van der Waals surface area contributed by atoms with Crippen LogP contribution in [0.5, 0.6) is 0 Å². The summed E-state index contributed by atoms with van der Waals surface area (Å²) in [5, 5.41) is 0. The number of nitrogens with one attached hydrogen (secondary N) is 1. The SMILES string of the molecule is C=CCn1c2c(c(C)cc1=O)C(=O)c1c(C)cc(=O)[nH]c1C2=O. The molecule has 0 saturated heterocycles. The van der Waals surface area contributed by atoms with Gasteiger partial charge in [-0.15, -0.1) is 6.58 Å². The molecule has 23 heavy (non-hydrogen) atoms. The summed E-state index contributed by atoms with van der Waals surface area (Å²) >= 11 is 0. The lowest BCUT2D eigenvalue weighted by molar-refractivity contribution is 0.0965. The van der Waals surface area contributed by atoms with Crippen LogP contribution in [0.25, 0.3) is 0 Å². The van der Waals surface area contributed by atoms with Crippen molar-refractivity contribution in [3.05, 3.63) is 79.1 Å². The van der Waals surface area contributed by atoms with Gasteiger partial charge in [0, 0.05) is 18.7 Å². The highest BCUT2D eigenvalue weighted by Gasteiger charge is 2.35. The van der Waals surface area contributed by atoms with E-state index >= 15 is 0 Å². The first-order chi connectivity index (χ1) is 10.9. The number of ketones is 2. The smallest absolute Gasteiger partial charge is 0.251 e. The van der Waals surface area contributed by atoms with Crippen LogP contribution >= 0.6 is 0 Å². The molecule has 2 aromatic heterocycles. The van der Waals surface area contributed by atoms with Crippen molar-refractivity contribution in [3.8, 4) is 0 Å². The van der Waals surface area contributed by atoms with E-state index in [0.717, 1.165) is 0 Å². The highest BCUT2D eigenvalue weighted by Crippen LogP contribution is 2.28. The minimum Gasteiger partial charge on any atom is -0.318 e. The molecule has 3 rings (SSSR count). The lowest BCUT2D eigenvalue weighted by Gasteiger charge is -2.23. The second-order valence-electron chi connectivity index (χ2n) is 5.51. The van der Waals surface area contributed by atoms with Crippen LogP contribution in [-0.4, -0.2) is 21.1 Å². The van der Waals surface area contributed by atoms with E-state index in [4.69, 9.17) is 0 Å². The average Bonchev–Trinajstić information content (AvgIpc) is 2.46. The molecule has 0 atom stereocenters. The van der Waals surface area contributed by atoms with E-state index in [0.29, 0.717) is 11.1 Å². The average molecular weight is 310 g/mol. The Labute approximate surface area is 131 Å². The number of allylic oxidation sites excluding steroid dienone is 1. The Bertz CT molecular complexity index is 1010. The normalized spacial score (nSPS) is 12.8. The molecular formula is C17H14N2O4. The Morgan fingerprint density at radius 3 is 2.35 bits per heavy atom. The standard InChI is InChI=1S/C17H14N2O4/c1-4-5-19-11(21)7-9(3)13-15(19)17(23)14-12(16(13)22)8(2)6-10(20)18-14/h4,6-7H,1,5H2,2-3H3,(H,18,20). The number of carbonyl (C=O) groups excluding carboxylic acids is 2. The lowest BCUT2D eigenvalue weighted by Crippen LogP contribution is -2.35. The molecule has 0 saturated carbocycles. The Morgan fingerprint density at radius 2 is 1.70 bits per heavy atom. The molecule has 1 N–H and O–H groups in total. The molecule has 6 heteroatoms. The molecule has 0 bridgehead atoms. The first-order valence-corrected chi connectivity index (χ1v) is 7.05. The summed E-state index contributed by atoms with van der Waals surface area (Å²) in [4.78, 5) is 52.0. The van der Waals surface area contributed by atoms with Crippen molar-refractivity contribution in [2.75, 3.05) is 0 Å². The van der Waals surface area contributed by atoms with Gasteiger partial charge in [0.05, 0.1) is 11.1 Å². The van der Waals surface area contributed by atoms with Crippen molar-refractivity contribution >= 4 is 11.6 Å². The zero-order chi connectivity index (χ0) is 16.9. The number of aromatic nitrogens is 2. The van der Waals surface area contributed by atoms with Gasteiger partial charge in [0.2, 0.25) is 11.3 Å². The maximum absolute atomic E-state index is 12.9. The van der Waals surface area contributed by atoms with Gasteiger partial charge in [0.15, 0.2) is 5.78 Å². The molecule has 2 aromatic rings. The minimum atomic E-state index is -0.530. The van der Waals surface area contributed by atoms with Gasteiger partial charge in [-0.25, -0.2) is 0 Å². The fourth-order valence-electron chi connectivity index (χ4n) is 2.99. The van der Waals surface area contributed by atoms with Crippen molar-refractivity contribution < 1.29 is 9.59 Å². The highest BCUT2D eigenvalue weighted by atomic mass is 16.2. The quantitative estimate of drug-likeness (QED) is 0.718. The molecular weight excluding hydrogens is 296 g/mol. The van der Waals surface area contributed by atoms with Crippen LogP contribution in [0.15, 0.2) is 34.4 Å². The maximum Gasteiger partial charge on any atom is 0.251 e. The first-order valence-electron chi connectivity index (χ1n) is 7.05. The molecule has 0 unspecified atom stereocenters. The summed E-state index contributed by atoms with van der Waals surface area (Å²) in [7, 11) is 0. The third-order valence-corrected chi connectivity index (χ3v) is 3.96. The van der Waals surface area contributed by atoms with Gasteiger partial charge in [-0.1, -0.05) is 6.08 Å². The largest absolute Gasteiger partial charge is 0.318 e. The van der Waals surface area contributed by atoms with Crippen LogP contribution in [0.4, 0.5) is 0 Å². The predicted molar refractivity (Wildman–Crippen MR) is 84.3 cm³/mol. The highest BCUT2D eigenvalue weighted by molar-refractivity contribution is 6.27. The molecule has 0 spiro atoms. The van der Waals surface area contributed by atoms with Crippen molar-refractivity contribution in [3.63, 3.8) is 0 Å². The van der Waals surface area contributed by atoms with E-state index in [-0.39, 0.29) is 40.4 Å². The number of carbonyl (C=O) groups is 2. The van der Waals surface area contributed by atoms with E-state index in [2.05, 4.69) is 11.6 Å². The Balaban J connectivity index is 2.47. The number of fused-ring (bicyclic) bond motifs is 2. The zero-order valence-corrected chi connectivity index (χ0v) is 12.7. The molecule has 6 nitrogen and oxygen atoms in total. The number of rotatable bonds is 2. The topological polar surface area (TPSA) is 89.0 Å². The summed E-state index contributed by atoms with van der Waals surface area (Å²) in [6.07, 6.45) is 1.48. The second kappa shape index (κ2) is 5.01. The second-order valence-corrected chi connectivity index (χ2v) is 5.51. The molecule has 0 amide bonds. The third kappa shape index (κ3) is 2.03.